The molecule has 88 valence electrons. The van der Waals surface area contributed by atoms with Crippen LogP contribution in [0.15, 0.2) is 0 Å². The van der Waals surface area contributed by atoms with E-state index in [1.165, 1.54) is 4.31 Å². The minimum atomic E-state index is -3.13. The molecule has 0 unspecified atom stereocenters. The molecule has 5 nitrogen and oxygen atoms in total. The second-order valence-corrected chi connectivity index (χ2v) is 6.25. The highest BCUT2D eigenvalue weighted by atomic mass is 32.2. The van der Waals surface area contributed by atoms with Crippen LogP contribution in [0.25, 0.3) is 0 Å². The van der Waals surface area contributed by atoms with Gasteiger partial charge in [-0.2, -0.15) is 12.7 Å². The van der Waals surface area contributed by atoms with Gasteiger partial charge in [-0.25, -0.2) is 4.72 Å². The fraction of sp³-hybridized carbons (Fsp3) is 1.00. The lowest BCUT2D eigenvalue weighted by Crippen LogP contribution is -2.38. The Morgan fingerprint density at radius 3 is 2.33 bits per heavy atom. The minimum absolute atomic E-state index is 0.510. The second-order valence-electron chi connectivity index (χ2n) is 4.50. The maximum atomic E-state index is 11.5. The van der Waals surface area contributed by atoms with Gasteiger partial charge in [-0.3, -0.25) is 0 Å². The van der Waals surface area contributed by atoms with Crippen LogP contribution in [0.1, 0.15) is 12.8 Å². The molecule has 0 spiro atoms. The van der Waals surface area contributed by atoms with Crippen LogP contribution in [0.5, 0.6) is 0 Å². The van der Waals surface area contributed by atoms with E-state index in [4.69, 9.17) is 0 Å². The van der Waals surface area contributed by atoms with E-state index in [9.17, 15) is 8.42 Å². The van der Waals surface area contributed by atoms with Crippen LogP contribution < -0.4 is 4.72 Å². The Hall–Kier alpha value is -0.170. The highest BCUT2D eigenvalue weighted by Gasteiger charge is 2.32. The van der Waals surface area contributed by atoms with Gasteiger partial charge in [0.25, 0.3) is 10.2 Å². The van der Waals surface area contributed by atoms with E-state index >= 15 is 0 Å². The molecule has 2 saturated heterocycles. The first kappa shape index (κ1) is 11.3. The monoisotopic (exact) mass is 233 g/mol. The number of likely N-dealkylation sites (tertiary alicyclic amines) is 1. The van der Waals surface area contributed by atoms with Crippen LogP contribution in [0, 0.1) is 5.92 Å². The van der Waals surface area contributed by atoms with Crippen molar-refractivity contribution >= 4 is 10.2 Å². The number of nitrogens with one attached hydrogen (secondary N) is 1. The van der Waals surface area contributed by atoms with Crippen LogP contribution in [0.2, 0.25) is 0 Å². The van der Waals surface area contributed by atoms with Gasteiger partial charge >= 0.3 is 0 Å². The van der Waals surface area contributed by atoms with Gasteiger partial charge in [0.15, 0.2) is 0 Å². The summed E-state index contributed by atoms with van der Waals surface area (Å²) in [6.45, 7) is 4.13. The molecule has 6 heteroatoms. The zero-order valence-electron chi connectivity index (χ0n) is 9.15. The Labute approximate surface area is 91.6 Å². The molecule has 2 rings (SSSR count). The summed E-state index contributed by atoms with van der Waals surface area (Å²) in [5.74, 6) is 0.510. The van der Waals surface area contributed by atoms with Crippen molar-refractivity contribution in [2.75, 3.05) is 39.8 Å². The molecule has 0 aromatic rings. The molecule has 2 aliphatic heterocycles. The molecule has 0 aromatic carbocycles. The second kappa shape index (κ2) is 4.37. The van der Waals surface area contributed by atoms with E-state index in [2.05, 4.69) is 16.7 Å². The molecule has 2 heterocycles. The van der Waals surface area contributed by atoms with E-state index in [-0.39, 0.29) is 0 Å². The summed E-state index contributed by atoms with van der Waals surface area (Å²) in [6.07, 6.45) is 2.19. The highest BCUT2D eigenvalue weighted by Crippen LogP contribution is 2.16. The standard InChI is InChI=1S/C9H19N3O2S/c1-11-4-2-9(3-5-11)8-10-15(13,14)12-6-7-12/h9-10H,2-8H2,1H3. The molecule has 0 radical (unpaired) electrons. The van der Waals surface area contributed by atoms with Crippen molar-refractivity contribution in [2.24, 2.45) is 5.92 Å². The largest absolute Gasteiger partial charge is 0.306 e. The smallest absolute Gasteiger partial charge is 0.279 e. The summed E-state index contributed by atoms with van der Waals surface area (Å²) in [7, 11) is -1.02. The number of hydrogen-bond acceptors (Lipinski definition) is 3. The third kappa shape index (κ3) is 3.14. The Balaban J connectivity index is 1.73. The molecule has 0 amide bonds. The first-order chi connectivity index (χ1) is 7.08. The normalized spacial score (nSPS) is 25.7. The third-order valence-corrected chi connectivity index (χ3v) is 4.72. The maximum absolute atomic E-state index is 11.5. The highest BCUT2D eigenvalue weighted by molar-refractivity contribution is 7.87. The van der Waals surface area contributed by atoms with Gasteiger partial charge in [-0.05, 0) is 38.9 Å². The first-order valence-electron chi connectivity index (χ1n) is 5.51. The lowest BCUT2D eigenvalue weighted by Gasteiger charge is -2.28. The van der Waals surface area contributed by atoms with Gasteiger partial charge < -0.3 is 4.90 Å². The molecule has 0 aliphatic carbocycles. The van der Waals surface area contributed by atoms with E-state index in [1.54, 1.807) is 0 Å². The Bertz CT molecular complexity index is 305. The Kier molecular flexibility index (Phi) is 3.30. The fourth-order valence-electron chi connectivity index (χ4n) is 1.86. The van der Waals surface area contributed by atoms with Crippen molar-refractivity contribution in [2.45, 2.75) is 12.8 Å². The molecule has 1 N–H and O–H groups in total. The van der Waals surface area contributed by atoms with E-state index < -0.39 is 10.2 Å². The SMILES string of the molecule is CN1CCC(CNS(=O)(=O)N2CC2)CC1. The number of hydrogen-bond donors (Lipinski definition) is 1. The Morgan fingerprint density at radius 1 is 1.20 bits per heavy atom. The predicted molar refractivity (Wildman–Crippen MR) is 58.7 cm³/mol. The molecule has 0 atom stereocenters. The van der Waals surface area contributed by atoms with Crippen LogP contribution >= 0.6 is 0 Å². The number of rotatable bonds is 4. The van der Waals surface area contributed by atoms with Crippen molar-refractivity contribution in [3.05, 3.63) is 0 Å². The summed E-state index contributed by atoms with van der Waals surface area (Å²) in [5, 5.41) is 0. The number of piperidine rings is 1. The molecular formula is C9H19N3O2S. The quantitative estimate of drug-likeness (QED) is 0.665. The van der Waals surface area contributed by atoms with Crippen LogP contribution in [-0.4, -0.2) is 57.4 Å². The third-order valence-electron chi connectivity index (χ3n) is 3.14. The molecular weight excluding hydrogens is 214 g/mol. The first-order valence-corrected chi connectivity index (χ1v) is 6.95. The lowest BCUT2D eigenvalue weighted by molar-refractivity contribution is 0.220. The van der Waals surface area contributed by atoms with Crippen molar-refractivity contribution in [3.63, 3.8) is 0 Å². The Morgan fingerprint density at radius 2 is 1.80 bits per heavy atom. The zero-order valence-corrected chi connectivity index (χ0v) is 9.96. The topological polar surface area (TPSA) is 52.4 Å². The molecule has 2 fully saturated rings. The molecule has 2 aliphatic rings. The molecule has 0 bridgehead atoms. The summed E-state index contributed by atoms with van der Waals surface area (Å²) in [5.41, 5.74) is 0. The lowest BCUT2D eigenvalue weighted by atomic mass is 9.98. The van der Waals surface area contributed by atoms with Gasteiger partial charge in [0.05, 0.1) is 0 Å². The minimum Gasteiger partial charge on any atom is -0.306 e. The average molecular weight is 233 g/mol. The molecule has 0 aromatic heterocycles. The molecule has 0 saturated carbocycles. The summed E-state index contributed by atoms with van der Waals surface area (Å²) in [6, 6.07) is 0. The van der Waals surface area contributed by atoms with Gasteiger partial charge in [0.2, 0.25) is 0 Å². The van der Waals surface area contributed by atoms with Gasteiger partial charge in [-0.1, -0.05) is 0 Å². The summed E-state index contributed by atoms with van der Waals surface area (Å²) < 4.78 is 27.2. The van der Waals surface area contributed by atoms with Gasteiger partial charge in [-0.15, -0.1) is 0 Å². The van der Waals surface area contributed by atoms with Crippen molar-refractivity contribution < 1.29 is 8.42 Å². The van der Waals surface area contributed by atoms with Gasteiger partial charge in [0, 0.05) is 19.6 Å². The van der Waals surface area contributed by atoms with E-state index in [0.29, 0.717) is 25.6 Å². The average Bonchev–Trinajstić information content (AvgIpc) is 3.00. The maximum Gasteiger partial charge on any atom is 0.279 e. The van der Waals surface area contributed by atoms with Crippen LogP contribution in [0.4, 0.5) is 0 Å². The van der Waals surface area contributed by atoms with Crippen LogP contribution in [-0.2, 0) is 10.2 Å². The van der Waals surface area contributed by atoms with Crippen molar-refractivity contribution in [3.8, 4) is 0 Å². The van der Waals surface area contributed by atoms with Crippen molar-refractivity contribution in [1.82, 2.24) is 13.9 Å². The summed E-state index contributed by atoms with van der Waals surface area (Å²) in [4.78, 5) is 2.29. The predicted octanol–water partition coefficient (Wildman–Crippen LogP) is -0.522. The fourth-order valence-corrected chi connectivity index (χ4v) is 3.05. The number of nitrogens with zero attached hydrogens (tertiary/aromatic N) is 2. The molecule has 15 heavy (non-hydrogen) atoms. The van der Waals surface area contributed by atoms with E-state index in [1.807, 2.05) is 0 Å². The zero-order chi connectivity index (χ0) is 10.9. The summed E-state index contributed by atoms with van der Waals surface area (Å²) >= 11 is 0. The van der Waals surface area contributed by atoms with Crippen LogP contribution in [0.3, 0.4) is 0 Å². The van der Waals surface area contributed by atoms with Crippen molar-refractivity contribution in [1.29, 1.82) is 0 Å². The van der Waals surface area contributed by atoms with E-state index in [0.717, 1.165) is 25.9 Å². The van der Waals surface area contributed by atoms with Gasteiger partial charge in [0.1, 0.15) is 0 Å².